The average Bonchev–Trinajstić information content (AvgIpc) is 2.62. The first-order chi connectivity index (χ1) is 11.6. The van der Waals surface area contributed by atoms with Crippen molar-refractivity contribution in [1.82, 2.24) is 0 Å². The van der Waals surface area contributed by atoms with Gasteiger partial charge in [-0.1, -0.05) is 36.4 Å². The lowest BCUT2D eigenvalue weighted by Gasteiger charge is -2.22. The Morgan fingerprint density at radius 2 is 0.750 bits per heavy atom. The van der Waals surface area contributed by atoms with Gasteiger partial charge in [-0.25, -0.2) is 0 Å². The minimum absolute atomic E-state index is 1.12. The van der Waals surface area contributed by atoms with Crippen LogP contribution in [0.3, 0.4) is 0 Å². The SMILES string of the molecule is Cc1c(C)c(Nc2ccccc2)c(C)c(C)c1Nc1ccccc1. The summed E-state index contributed by atoms with van der Waals surface area (Å²) in [4.78, 5) is 0. The predicted molar refractivity (Wildman–Crippen MR) is 105 cm³/mol. The Morgan fingerprint density at radius 3 is 1.04 bits per heavy atom. The molecular weight excluding hydrogens is 292 g/mol. The Bertz CT molecular complexity index is 735. The maximum Gasteiger partial charge on any atom is 0.0450 e. The topological polar surface area (TPSA) is 24.1 Å². The molecule has 0 spiro atoms. The van der Waals surface area contributed by atoms with Crippen LogP contribution >= 0.6 is 0 Å². The summed E-state index contributed by atoms with van der Waals surface area (Å²) in [5, 5.41) is 7.17. The normalized spacial score (nSPS) is 10.5. The summed E-state index contributed by atoms with van der Waals surface area (Å²) < 4.78 is 0. The maximum atomic E-state index is 3.59. The standard InChI is InChI=1S/C22H24N2/c1-15-16(2)22(24-20-13-9-6-10-14-20)18(4)17(3)21(15)23-19-11-7-5-8-12-19/h5-14,23-24H,1-4H3. The second kappa shape index (κ2) is 6.79. The summed E-state index contributed by atoms with van der Waals surface area (Å²) in [6.45, 7) is 8.74. The predicted octanol–water partition coefficient (Wildman–Crippen LogP) is 6.41. The van der Waals surface area contributed by atoms with Gasteiger partial charge in [0.1, 0.15) is 0 Å². The summed E-state index contributed by atoms with van der Waals surface area (Å²) in [6, 6.07) is 20.7. The van der Waals surface area contributed by atoms with Gasteiger partial charge in [0.25, 0.3) is 0 Å². The van der Waals surface area contributed by atoms with Gasteiger partial charge < -0.3 is 10.6 Å². The minimum atomic E-state index is 1.12. The van der Waals surface area contributed by atoms with E-state index in [1.54, 1.807) is 0 Å². The Morgan fingerprint density at radius 1 is 0.458 bits per heavy atom. The molecule has 0 fully saturated rings. The zero-order valence-corrected chi connectivity index (χ0v) is 14.8. The molecule has 3 aromatic carbocycles. The number of nitrogens with one attached hydrogen (secondary N) is 2. The van der Waals surface area contributed by atoms with Crippen LogP contribution in [-0.2, 0) is 0 Å². The van der Waals surface area contributed by atoms with E-state index in [0.717, 1.165) is 11.4 Å². The highest BCUT2D eigenvalue weighted by molar-refractivity contribution is 5.79. The van der Waals surface area contributed by atoms with Crippen LogP contribution in [0.15, 0.2) is 60.7 Å². The van der Waals surface area contributed by atoms with Crippen molar-refractivity contribution in [1.29, 1.82) is 0 Å². The highest BCUT2D eigenvalue weighted by Gasteiger charge is 2.15. The van der Waals surface area contributed by atoms with Crippen molar-refractivity contribution in [3.8, 4) is 0 Å². The molecule has 0 saturated carbocycles. The lowest BCUT2D eigenvalue weighted by atomic mass is 9.95. The van der Waals surface area contributed by atoms with Gasteiger partial charge in [0.15, 0.2) is 0 Å². The molecule has 0 aliphatic heterocycles. The number of hydrogen-bond donors (Lipinski definition) is 2. The molecule has 0 heterocycles. The molecular formula is C22H24N2. The molecule has 0 atom stereocenters. The van der Waals surface area contributed by atoms with Crippen molar-refractivity contribution < 1.29 is 0 Å². The quantitative estimate of drug-likeness (QED) is 0.581. The fraction of sp³-hybridized carbons (Fsp3) is 0.182. The van der Waals surface area contributed by atoms with Crippen molar-refractivity contribution in [3.05, 3.63) is 82.9 Å². The molecule has 0 amide bonds. The second-order valence-electron chi connectivity index (χ2n) is 6.23. The lowest BCUT2D eigenvalue weighted by molar-refractivity contribution is 1.23. The van der Waals surface area contributed by atoms with E-state index in [4.69, 9.17) is 0 Å². The van der Waals surface area contributed by atoms with Crippen molar-refractivity contribution in [2.24, 2.45) is 0 Å². The third-order valence-corrected chi connectivity index (χ3v) is 4.71. The van der Waals surface area contributed by atoms with Crippen LogP contribution in [0.5, 0.6) is 0 Å². The molecule has 2 nitrogen and oxygen atoms in total. The van der Waals surface area contributed by atoms with Crippen LogP contribution < -0.4 is 10.6 Å². The first kappa shape index (κ1) is 16.1. The van der Waals surface area contributed by atoms with Crippen LogP contribution in [0.4, 0.5) is 22.7 Å². The smallest absolute Gasteiger partial charge is 0.0450 e. The molecule has 0 aliphatic rings. The highest BCUT2D eigenvalue weighted by atomic mass is 14.9. The van der Waals surface area contributed by atoms with Gasteiger partial charge in [0.2, 0.25) is 0 Å². The third kappa shape index (κ3) is 3.13. The molecule has 0 saturated heterocycles. The molecule has 0 aromatic heterocycles. The molecule has 24 heavy (non-hydrogen) atoms. The number of anilines is 4. The second-order valence-corrected chi connectivity index (χ2v) is 6.23. The van der Waals surface area contributed by atoms with Gasteiger partial charge in [-0.05, 0) is 74.2 Å². The first-order valence-electron chi connectivity index (χ1n) is 8.32. The zero-order valence-electron chi connectivity index (χ0n) is 14.8. The largest absolute Gasteiger partial charge is 0.355 e. The monoisotopic (exact) mass is 316 g/mol. The molecule has 2 N–H and O–H groups in total. The Kier molecular flexibility index (Phi) is 4.57. The van der Waals surface area contributed by atoms with Gasteiger partial charge in [-0.15, -0.1) is 0 Å². The molecule has 0 aliphatic carbocycles. The zero-order chi connectivity index (χ0) is 17.1. The van der Waals surface area contributed by atoms with E-state index >= 15 is 0 Å². The number of rotatable bonds is 4. The fourth-order valence-corrected chi connectivity index (χ4v) is 3.02. The molecule has 2 heteroatoms. The summed E-state index contributed by atoms with van der Waals surface area (Å²) >= 11 is 0. The van der Waals surface area contributed by atoms with Gasteiger partial charge in [-0.3, -0.25) is 0 Å². The number of benzene rings is 3. The van der Waals surface area contributed by atoms with Crippen LogP contribution in [0.25, 0.3) is 0 Å². The van der Waals surface area contributed by atoms with Crippen molar-refractivity contribution in [2.45, 2.75) is 27.7 Å². The highest BCUT2D eigenvalue weighted by Crippen LogP contribution is 2.37. The summed E-state index contributed by atoms with van der Waals surface area (Å²) in [5.74, 6) is 0. The molecule has 3 rings (SSSR count). The van der Waals surface area contributed by atoms with E-state index in [2.05, 4.69) is 86.9 Å². The molecule has 0 radical (unpaired) electrons. The first-order valence-corrected chi connectivity index (χ1v) is 8.32. The Balaban J connectivity index is 2.02. The van der Waals surface area contributed by atoms with E-state index in [9.17, 15) is 0 Å². The molecule has 0 unspecified atom stereocenters. The van der Waals surface area contributed by atoms with E-state index in [1.807, 2.05) is 12.1 Å². The van der Waals surface area contributed by atoms with Crippen LogP contribution in [0, 0.1) is 27.7 Å². The van der Waals surface area contributed by atoms with E-state index in [1.165, 1.54) is 33.6 Å². The van der Waals surface area contributed by atoms with Crippen LogP contribution in [0.1, 0.15) is 22.3 Å². The molecule has 3 aromatic rings. The Labute approximate surface area is 144 Å². The van der Waals surface area contributed by atoms with E-state index in [-0.39, 0.29) is 0 Å². The Hall–Kier alpha value is -2.74. The van der Waals surface area contributed by atoms with Crippen LogP contribution in [0.2, 0.25) is 0 Å². The molecule has 0 bridgehead atoms. The maximum absolute atomic E-state index is 3.59. The summed E-state index contributed by atoms with van der Waals surface area (Å²) in [5.41, 5.74) is 9.75. The summed E-state index contributed by atoms with van der Waals surface area (Å²) in [6.07, 6.45) is 0. The van der Waals surface area contributed by atoms with Crippen molar-refractivity contribution >= 4 is 22.7 Å². The lowest BCUT2D eigenvalue weighted by Crippen LogP contribution is -2.05. The van der Waals surface area contributed by atoms with Crippen LogP contribution in [-0.4, -0.2) is 0 Å². The fourth-order valence-electron chi connectivity index (χ4n) is 3.02. The van der Waals surface area contributed by atoms with Gasteiger partial charge in [-0.2, -0.15) is 0 Å². The third-order valence-electron chi connectivity index (χ3n) is 4.71. The minimum Gasteiger partial charge on any atom is -0.355 e. The molecule has 122 valence electrons. The van der Waals surface area contributed by atoms with E-state index < -0.39 is 0 Å². The number of para-hydroxylation sites is 2. The van der Waals surface area contributed by atoms with Gasteiger partial charge in [0, 0.05) is 22.7 Å². The number of hydrogen-bond acceptors (Lipinski definition) is 2. The van der Waals surface area contributed by atoms with Crippen molar-refractivity contribution in [3.63, 3.8) is 0 Å². The van der Waals surface area contributed by atoms with Crippen molar-refractivity contribution in [2.75, 3.05) is 10.6 Å². The summed E-state index contributed by atoms with van der Waals surface area (Å²) in [7, 11) is 0. The van der Waals surface area contributed by atoms with Gasteiger partial charge >= 0.3 is 0 Å². The average molecular weight is 316 g/mol. The van der Waals surface area contributed by atoms with Gasteiger partial charge in [0.05, 0.1) is 0 Å². The van der Waals surface area contributed by atoms with E-state index in [0.29, 0.717) is 0 Å².